The molecule has 116 valence electrons. The molecule has 0 aromatic carbocycles. The Hall–Kier alpha value is -1.40. The Balaban J connectivity index is 1.77. The maximum atomic E-state index is 12.2. The lowest BCUT2D eigenvalue weighted by Crippen LogP contribution is -2.47. The first kappa shape index (κ1) is 16.0. The number of hydrogen-bond donors (Lipinski definition) is 2. The van der Waals surface area contributed by atoms with Gasteiger partial charge in [0.25, 0.3) is 5.91 Å². The molecule has 1 aliphatic rings. The highest BCUT2D eigenvalue weighted by atomic mass is 32.1. The summed E-state index contributed by atoms with van der Waals surface area (Å²) in [6.45, 7) is 3.14. The van der Waals surface area contributed by atoms with Crippen LogP contribution in [0.4, 0.5) is 0 Å². The Kier molecular flexibility index (Phi) is 5.76. The minimum absolute atomic E-state index is 0.0475. The molecule has 5 nitrogen and oxygen atoms in total. The predicted molar refractivity (Wildman–Crippen MR) is 82.3 cm³/mol. The molecule has 2 atom stereocenters. The molecule has 1 aromatic heterocycles. The second kappa shape index (κ2) is 7.56. The van der Waals surface area contributed by atoms with Gasteiger partial charge in [-0.25, -0.2) is 0 Å². The molecule has 0 radical (unpaired) electrons. The molecule has 0 aliphatic carbocycles. The molecular formula is C15H22N2O3S. The van der Waals surface area contributed by atoms with Crippen molar-refractivity contribution in [3.63, 3.8) is 0 Å². The number of carbonyl (C=O) groups excluding carboxylic acids is 2. The van der Waals surface area contributed by atoms with Gasteiger partial charge in [0.05, 0.1) is 0 Å². The van der Waals surface area contributed by atoms with Crippen molar-refractivity contribution in [2.45, 2.75) is 32.2 Å². The summed E-state index contributed by atoms with van der Waals surface area (Å²) >= 11 is 1.47. The van der Waals surface area contributed by atoms with Crippen molar-refractivity contribution >= 4 is 23.2 Å². The van der Waals surface area contributed by atoms with Gasteiger partial charge in [0, 0.05) is 43.1 Å². The number of rotatable bonds is 5. The molecule has 2 rings (SSSR count). The van der Waals surface area contributed by atoms with E-state index in [-0.39, 0.29) is 30.4 Å². The number of piperidine rings is 1. The van der Waals surface area contributed by atoms with E-state index in [2.05, 4.69) is 5.32 Å². The molecule has 2 heterocycles. The third-order valence-electron chi connectivity index (χ3n) is 3.97. The van der Waals surface area contributed by atoms with Crippen molar-refractivity contribution in [1.82, 2.24) is 10.2 Å². The summed E-state index contributed by atoms with van der Waals surface area (Å²) in [7, 11) is 0. The normalized spacial score (nSPS) is 22.1. The summed E-state index contributed by atoms with van der Waals surface area (Å²) in [6, 6.07) is 1.98. The van der Waals surface area contributed by atoms with E-state index in [9.17, 15) is 14.7 Å². The van der Waals surface area contributed by atoms with Gasteiger partial charge in [-0.2, -0.15) is 11.3 Å². The number of likely N-dealkylation sites (tertiary alicyclic amines) is 1. The smallest absolute Gasteiger partial charge is 0.252 e. The van der Waals surface area contributed by atoms with Crippen molar-refractivity contribution < 1.29 is 14.7 Å². The highest BCUT2D eigenvalue weighted by Crippen LogP contribution is 2.22. The lowest BCUT2D eigenvalue weighted by molar-refractivity contribution is -0.135. The highest BCUT2D eigenvalue weighted by molar-refractivity contribution is 7.08. The van der Waals surface area contributed by atoms with E-state index in [0.717, 1.165) is 12.8 Å². The molecule has 21 heavy (non-hydrogen) atoms. The first-order valence-electron chi connectivity index (χ1n) is 7.32. The Morgan fingerprint density at radius 1 is 1.48 bits per heavy atom. The van der Waals surface area contributed by atoms with E-state index in [1.807, 2.05) is 17.2 Å². The molecule has 1 aliphatic heterocycles. The largest absolute Gasteiger partial charge is 0.396 e. The molecule has 1 saturated heterocycles. The zero-order valence-electron chi connectivity index (χ0n) is 12.2. The van der Waals surface area contributed by atoms with Gasteiger partial charge in [-0.05, 0) is 37.1 Å². The molecule has 2 amide bonds. The Morgan fingerprint density at radius 3 is 2.95 bits per heavy atom. The van der Waals surface area contributed by atoms with Crippen LogP contribution in [0.1, 0.15) is 36.5 Å². The Labute approximate surface area is 129 Å². The van der Waals surface area contributed by atoms with E-state index in [0.29, 0.717) is 25.1 Å². The van der Waals surface area contributed by atoms with Crippen LogP contribution in [-0.4, -0.2) is 47.6 Å². The molecule has 6 heteroatoms. The van der Waals surface area contributed by atoms with Gasteiger partial charge < -0.3 is 15.3 Å². The lowest BCUT2D eigenvalue weighted by Gasteiger charge is -2.37. The van der Waals surface area contributed by atoms with Gasteiger partial charge in [0.2, 0.25) is 5.91 Å². The standard InChI is InChI=1S/C15H22N2O3S/c1-11-2-3-12(9-18)8-17(11)14(19)4-6-16-15(20)13-5-7-21-10-13/h5,7,10-12,18H,2-4,6,8-9H2,1H3,(H,16,20). The van der Waals surface area contributed by atoms with Crippen LogP contribution in [0, 0.1) is 5.92 Å². The number of aliphatic hydroxyl groups excluding tert-OH is 1. The monoisotopic (exact) mass is 310 g/mol. The van der Waals surface area contributed by atoms with Gasteiger partial charge in [0.1, 0.15) is 0 Å². The molecule has 2 unspecified atom stereocenters. The van der Waals surface area contributed by atoms with E-state index in [1.54, 1.807) is 11.4 Å². The number of nitrogens with one attached hydrogen (secondary N) is 1. The molecule has 1 fully saturated rings. The fraction of sp³-hybridized carbons (Fsp3) is 0.600. The fourth-order valence-corrected chi connectivity index (χ4v) is 3.24. The summed E-state index contributed by atoms with van der Waals surface area (Å²) in [5, 5.41) is 15.6. The average Bonchev–Trinajstić information content (AvgIpc) is 3.01. The van der Waals surface area contributed by atoms with Crippen LogP contribution < -0.4 is 5.32 Å². The number of amides is 2. The Bertz CT molecular complexity index is 475. The topological polar surface area (TPSA) is 69.6 Å². The molecule has 0 bridgehead atoms. The average molecular weight is 310 g/mol. The third kappa shape index (κ3) is 4.28. The van der Waals surface area contributed by atoms with E-state index < -0.39 is 0 Å². The second-order valence-corrected chi connectivity index (χ2v) is 6.32. The highest BCUT2D eigenvalue weighted by Gasteiger charge is 2.28. The molecule has 2 N–H and O–H groups in total. The minimum Gasteiger partial charge on any atom is -0.396 e. The van der Waals surface area contributed by atoms with Crippen LogP contribution in [0.15, 0.2) is 16.8 Å². The summed E-state index contributed by atoms with van der Waals surface area (Å²) < 4.78 is 0. The zero-order chi connectivity index (χ0) is 15.2. The van der Waals surface area contributed by atoms with Crippen LogP contribution in [0.25, 0.3) is 0 Å². The van der Waals surface area contributed by atoms with Gasteiger partial charge in [-0.15, -0.1) is 0 Å². The number of hydrogen-bond acceptors (Lipinski definition) is 4. The van der Waals surface area contributed by atoms with Crippen LogP contribution >= 0.6 is 11.3 Å². The van der Waals surface area contributed by atoms with E-state index in [4.69, 9.17) is 0 Å². The SMILES string of the molecule is CC1CCC(CO)CN1C(=O)CCNC(=O)c1ccsc1. The molecular weight excluding hydrogens is 288 g/mol. The lowest BCUT2D eigenvalue weighted by atomic mass is 9.94. The van der Waals surface area contributed by atoms with Gasteiger partial charge in [-0.3, -0.25) is 9.59 Å². The summed E-state index contributed by atoms with van der Waals surface area (Å²) in [5.74, 6) is 0.0980. The van der Waals surface area contributed by atoms with Crippen LogP contribution in [0.2, 0.25) is 0 Å². The van der Waals surface area contributed by atoms with Crippen molar-refractivity contribution in [3.8, 4) is 0 Å². The van der Waals surface area contributed by atoms with Gasteiger partial charge in [0.15, 0.2) is 0 Å². The number of nitrogens with zero attached hydrogens (tertiary/aromatic N) is 1. The zero-order valence-corrected chi connectivity index (χ0v) is 13.1. The van der Waals surface area contributed by atoms with Gasteiger partial charge >= 0.3 is 0 Å². The summed E-state index contributed by atoms with van der Waals surface area (Å²) in [5.41, 5.74) is 0.638. The van der Waals surface area contributed by atoms with E-state index >= 15 is 0 Å². The predicted octanol–water partition coefficient (Wildman–Crippen LogP) is 1.49. The fourth-order valence-electron chi connectivity index (χ4n) is 2.60. The Morgan fingerprint density at radius 2 is 2.29 bits per heavy atom. The van der Waals surface area contributed by atoms with Crippen LogP contribution in [-0.2, 0) is 4.79 Å². The maximum absolute atomic E-state index is 12.2. The summed E-state index contributed by atoms with van der Waals surface area (Å²) in [4.78, 5) is 25.8. The first-order chi connectivity index (χ1) is 10.1. The van der Waals surface area contributed by atoms with Crippen LogP contribution in [0.3, 0.4) is 0 Å². The maximum Gasteiger partial charge on any atom is 0.252 e. The number of thiophene rings is 1. The second-order valence-electron chi connectivity index (χ2n) is 5.54. The van der Waals surface area contributed by atoms with Crippen LogP contribution in [0.5, 0.6) is 0 Å². The van der Waals surface area contributed by atoms with Gasteiger partial charge in [-0.1, -0.05) is 0 Å². The molecule has 0 spiro atoms. The van der Waals surface area contributed by atoms with Crippen molar-refractivity contribution in [2.24, 2.45) is 5.92 Å². The van der Waals surface area contributed by atoms with Crippen molar-refractivity contribution in [1.29, 1.82) is 0 Å². The number of aliphatic hydroxyl groups is 1. The van der Waals surface area contributed by atoms with Crippen molar-refractivity contribution in [2.75, 3.05) is 19.7 Å². The summed E-state index contributed by atoms with van der Waals surface area (Å²) in [6.07, 6.45) is 2.20. The molecule has 1 aromatic rings. The molecule has 0 saturated carbocycles. The van der Waals surface area contributed by atoms with E-state index in [1.165, 1.54) is 11.3 Å². The third-order valence-corrected chi connectivity index (χ3v) is 4.65. The van der Waals surface area contributed by atoms with Crippen molar-refractivity contribution in [3.05, 3.63) is 22.4 Å². The minimum atomic E-state index is -0.135. The number of carbonyl (C=O) groups is 2. The first-order valence-corrected chi connectivity index (χ1v) is 8.26. The quantitative estimate of drug-likeness (QED) is 0.865.